The Hall–Kier alpha value is -2.08. The largest absolute Gasteiger partial charge is 0.507 e. The first-order chi connectivity index (χ1) is 11.1. The third kappa shape index (κ3) is 3.32. The van der Waals surface area contributed by atoms with Gasteiger partial charge in [-0.15, -0.1) is 11.3 Å². The Morgan fingerprint density at radius 1 is 1.48 bits per heavy atom. The fourth-order valence-electron chi connectivity index (χ4n) is 2.90. The molecule has 1 aliphatic rings. The highest BCUT2D eigenvalue weighted by Crippen LogP contribution is 2.34. The normalized spacial score (nSPS) is 18.0. The van der Waals surface area contributed by atoms with Crippen molar-refractivity contribution in [2.75, 3.05) is 25.1 Å². The van der Waals surface area contributed by atoms with E-state index in [1.54, 1.807) is 6.07 Å². The molecular weight excluding hydrogens is 312 g/mol. The highest BCUT2D eigenvalue weighted by atomic mass is 32.1. The second-order valence-electron chi connectivity index (χ2n) is 5.84. The van der Waals surface area contributed by atoms with Gasteiger partial charge in [-0.2, -0.15) is 0 Å². The Labute approximate surface area is 139 Å². The summed E-state index contributed by atoms with van der Waals surface area (Å²) in [7, 11) is 1.43. The lowest BCUT2D eigenvalue weighted by atomic mass is 9.99. The molecule has 0 radical (unpaired) electrons. The molecule has 6 heteroatoms. The third-order valence-electron chi connectivity index (χ3n) is 4.15. The van der Waals surface area contributed by atoms with Crippen molar-refractivity contribution >= 4 is 22.4 Å². The van der Waals surface area contributed by atoms with Crippen LogP contribution in [0.4, 0.5) is 5.13 Å². The molecule has 0 amide bonds. The van der Waals surface area contributed by atoms with E-state index in [9.17, 15) is 9.90 Å². The van der Waals surface area contributed by atoms with Crippen LogP contribution in [-0.4, -0.2) is 36.3 Å². The van der Waals surface area contributed by atoms with Gasteiger partial charge in [0.1, 0.15) is 5.75 Å². The number of nitrogens with zero attached hydrogens (tertiary/aromatic N) is 2. The van der Waals surface area contributed by atoms with Crippen LogP contribution in [0.15, 0.2) is 23.6 Å². The van der Waals surface area contributed by atoms with Crippen molar-refractivity contribution in [3.63, 3.8) is 0 Å². The number of methoxy groups -OCH3 is 1. The lowest BCUT2D eigenvalue weighted by Crippen LogP contribution is -2.39. The maximum absolute atomic E-state index is 11.8. The van der Waals surface area contributed by atoms with Gasteiger partial charge in [0.05, 0.1) is 18.7 Å². The number of phenolic OH excluding ortho intramolecular Hbond substituents is 1. The van der Waals surface area contributed by atoms with E-state index >= 15 is 0 Å². The van der Waals surface area contributed by atoms with Crippen molar-refractivity contribution in [3.8, 4) is 17.0 Å². The fraction of sp³-hybridized carbons (Fsp3) is 0.412. The van der Waals surface area contributed by atoms with Gasteiger partial charge in [-0.1, -0.05) is 11.6 Å². The molecule has 23 heavy (non-hydrogen) atoms. The van der Waals surface area contributed by atoms with Crippen molar-refractivity contribution in [3.05, 3.63) is 29.1 Å². The number of anilines is 1. The SMILES string of the molecule is COC(=O)C1CCCN(c2nc(-c3cc(C)ccc3O)cs2)C1. The smallest absolute Gasteiger partial charge is 0.310 e. The molecule has 1 aromatic heterocycles. The molecule has 0 aliphatic carbocycles. The summed E-state index contributed by atoms with van der Waals surface area (Å²) in [4.78, 5) is 18.5. The van der Waals surface area contributed by atoms with Crippen LogP contribution in [0.25, 0.3) is 11.3 Å². The lowest BCUT2D eigenvalue weighted by Gasteiger charge is -2.30. The van der Waals surface area contributed by atoms with E-state index in [-0.39, 0.29) is 17.6 Å². The van der Waals surface area contributed by atoms with Crippen molar-refractivity contribution in [1.29, 1.82) is 0 Å². The number of carbonyl (C=O) groups excluding carboxylic acids is 1. The number of hydrogen-bond donors (Lipinski definition) is 1. The van der Waals surface area contributed by atoms with Gasteiger partial charge in [0, 0.05) is 24.0 Å². The van der Waals surface area contributed by atoms with E-state index in [1.165, 1.54) is 18.4 Å². The monoisotopic (exact) mass is 332 g/mol. The molecule has 3 rings (SSSR count). The minimum absolute atomic E-state index is 0.0894. The third-order valence-corrected chi connectivity index (χ3v) is 5.05. The Morgan fingerprint density at radius 3 is 3.09 bits per heavy atom. The zero-order valence-corrected chi connectivity index (χ0v) is 14.1. The highest BCUT2D eigenvalue weighted by Gasteiger charge is 2.28. The van der Waals surface area contributed by atoms with Crippen LogP contribution < -0.4 is 4.90 Å². The van der Waals surface area contributed by atoms with Crippen LogP contribution in [0.1, 0.15) is 18.4 Å². The Morgan fingerprint density at radius 2 is 2.30 bits per heavy atom. The molecule has 1 saturated heterocycles. The van der Waals surface area contributed by atoms with E-state index in [1.807, 2.05) is 24.4 Å². The quantitative estimate of drug-likeness (QED) is 0.875. The van der Waals surface area contributed by atoms with Crippen LogP contribution in [-0.2, 0) is 9.53 Å². The summed E-state index contributed by atoms with van der Waals surface area (Å²) in [5.41, 5.74) is 2.59. The number of aryl methyl sites for hydroxylation is 1. The van der Waals surface area contributed by atoms with Crippen LogP contribution >= 0.6 is 11.3 Å². The summed E-state index contributed by atoms with van der Waals surface area (Å²) in [5.74, 6) is -0.00480. The van der Waals surface area contributed by atoms with Gasteiger partial charge in [-0.05, 0) is 31.9 Å². The number of carbonyl (C=O) groups is 1. The lowest BCUT2D eigenvalue weighted by molar-refractivity contribution is -0.145. The summed E-state index contributed by atoms with van der Waals surface area (Å²) in [5, 5.41) is 12.9. The summed E-state index contributed by atoms with van der Waals surface area (Å²) in [6.45, 7) is 3.52. The summed E-state index contributed by atoms with van der Waals surface area (Å²) in [6.07, 6.45) is 1.81. The molecule has 1 unspecified atom stereocenters. The number of rotatable bonds is 3. The molecule has 122 valence electrons. The highest BCUT2D eigenvalue weighted by molar-refractivity contribution is 7.14. The first-order valence-electron chi connectivity index (χ1n) is 7.67. The van der Waals surface area contributed by atoms with E-state index in [0.717, 1.165) is 41.3 Å². The second-order valence-corrected chi connectivity index (χ2v) is 6.68. The Balaban J connectivity index is 1.81. The number of hydrogen-bond acceptors (Lipinski definition) is 6. The standard InChI is InChI=1S/C17H20N2O3S/c1-11-5-6-15(20)13(8-11)14-10-23-17(18-14)19-7-3-4-12(9-19)16(21)22-2/h5-6,8,10,12,20H,3-4,7,9H2,1-2H3. The van der Waals surface area contributed by atoms with E-state index in [0.29, 0.717) is 6.54 Å². The minimum atomic E-state index is -0.150. The molecule has 0 spiro atoms. The molecule has 5 nitrogen and oxygen atoms in total. The van der Waals surface area contributed by atoms with Crippen LogP contribution in [0.3, 0.4) is 0 Å². The van der Waals surface area contributed by atoms with Gasteiger partial charge in [-0.3, -0.25) is 4.79 Å². The maximum atomic E-state index is 11.8. The molecular formula is C17H20N2O3S. The molecule has 1 aliphatic heterocycles. The van der Waals surface area contributed by atoms with Crippen molar-refractivity contribution in [1.82, 2.24) is 4.98 Å². The number of phenols is 1. The zero-order chi connectivity index (χ0) is 16.4. The summed E-state index contributed by atoms with van der Waals surface area (Å²) in [6, 6.07) is 5.50. The molecule has 1 N–H and O–H groups in total. The number of thiazole rings is 1. The molecule has 1 atom stereocenters. The predicted octanol–water partition coefficient (Wildman–Crippen LogP) is 3.21. The van der Waals surface area contributed by atoms with Crippen molar-refractivity contribution in [2.45, 2.75) is 19.8 Å². The van der Waals surface area contributed by atoms with Gasteiger partial charge in [0.2, 0.25) is 0 Å². The first-order valence-corrected chi connectivity index (χ1v) is 8.54. The maximum Gasteiger partial charge on any atom is 0.310 e. The van der Waals surface area contributed by atoms with Crippen LogP contribution in [0, 0.1) is 12.8 Å². The van der Waals surface area contributed by atoms with Crippen molar-refractivity contribution < 1.29 is 14.6 Å². The number of aromatic nitrogens is 1. The second kappa shape index (κ2) is 6.58. The van der Waals surface area contributed by atoms with Gasteiger partial charge in [-0.25, -0.2) is 4.98 Å². The zero-order valence-electron chi connectivity index (χ0n) is 13.3. The Kier molecular flexibility index (Phi) is 4.52. The molecule has 1 aromatic carbocycles. The topological polar surface area (TPSA) is 62.7 Å². The molecule has 2 aromatic rings. The molecule has 2 heterocycles. The van der Waals surface area contributed by atoms with E-state index < -0.39 is 0 Å². The average molecular weight is 332 g/mol. The molecule has 1 fully saturated rings. The summed E-state index contributed by atoms with van der Waals surface area (Å²) >= 11 is 1.54. The van der Waals surface area contributed by atoms with E-state index in [2.05, 4.69) is 9.88 Å². The van der Waals surface area contributed by atoms with Gasteiger partial charge in [0.25, 0.3) is 0 Å². The summed E-state index contributed by atoms with van der Waals surface area (Å²) < 4.78 is 4.86. The van der Waals surface area contributed by atoms with Gasteiger partial charge >= 0.3 is 5.97 Å². The van der Waals surface area contributed by atoms with Gasteiger partial charge in [0.15, 0.2) is 5.13 Å². The molecule has 0 saturated carbocycles. The van der Waals surface area contributed by atoms with Gasteiger partial charge < -0.3 is 14.7 Å². The number of piperidine rings is 1. The molecule has 0 bridgehead atoms. The van der Waals surface area contributed by atoms with Crippen molar-refractivity contribution in [2.24, 2.45) is 5.92 Å². The van der Waals surface area contributed by atoms with Crippen LogP contribution in [0.5, 0.6) is 5.75 Å². The average Bonchev–Trinajstić information content (AvgIpc) is 3.06. The number of esters is 1. The van der Waals surface area contributed by atoms with E-state index in [4.69, 9.17) is 4.74 Å². The first kappa shape index (κ1) is 15.8. The minimum Gasteiger partial charge on any atom is -0.507 e. The number of ether oxygens (including phenoxy) is 1. The Bertz CT molecular complexity index is 714. The number of benzene rings is 1. The predicted molar refractivity (Wildman–Crippen MR) is 90.9 cm³/mol. The number of aromatic hydroxyl groups is 1. The fourth-order valence-corrected chi connectivity index (χ4v) is 3.76. The van der Waals surface area contributed by atoms with Crippen LogP contribution in [0.2, 0.25) is 0 Å².